The van der Waals surface area contributed by atoms with Crippen LogP contribution in [0, 0.1) is 18.3 Å². The summed E-state index contributed by atoms with van der Waals surface area (Å²) < 4.78 is 0. The van der Waals surface area contributed by atoms with Crippen LogP contribution in [0.1, 0.15) is 26.7 Å². The SMILES string of the molecule is C[CH]C[C]1CC1C. The Bertz CT molecular complexity index is 57.1. The van der Waals surface area contributed by atoms with Crippen LogP contribution in [-0.4, -0.2) is 0 Å². The summed E-state index contributed by atoms with van der Waals surface area (Å²) in [6, 6.07) is 0. The Kier molecular flexibility index (Phi) is 1.36. The highest BCUT2D eigenvalue weighted by Crippen LogP contribution is 2.43. The Morgan fingerprint density at radius 1 is 1.86 bits per heavy atom. The van der Waals surface area contributed by atoms with Crippen LogP contribution in [0.5, 0.6) is 0 Å². The molecule has 0 nitrogen and oxygen atoms in total. The fraction of sp³-hybridized carbons (Fsp3) is 0.714. The normalized spacial score (nSPS) is 30.9. The third kappa shape index (κ3) is 1.19. The maximum atomic E-state index is 2.29. The van der Waals surface area contributed by atoms with Gasteiger partial charge in [-0.1, -0.05) is 13.8 Å². The molecule has 1 unspecified atom stereocenters. The molecule has 1 saturated carbocycles. The van der Waals surface area contributed by atoms with Crippen LogP contribution in [0.25, 0.3) is 0 Å². The van der Waals surface area contributed by atoms with Gasteiger partial charge in [-0.25, -0.2) is 0 Å². The maximum Gasteiger partial charge on any atom is -0.0207 e. The Hall–Kier alpha value is 0. The summed E-state index contributed by atoms with van der Waals surface area (Å²) in [7, 11) is 0. The predicted octanol–water partition coefficient (Wildman–Crippen LogP) is 2.21. The summed E-state index contributed by atoms with van der Waals surface area (Å²) in [5, 5.41) is 0. The summed E-state index contributed by atoms with van der Waals surface area (Å²) >= 11 is 0. The number of hydrogen-bond acceptors (Lipinski definition) is 0. The molecule has 1 rings (SSSR count). The first-order valence-electron chi connectivity index (χ1n) is 2.97. The second-order valence-corrected chi connectivity index (χ2v) is 2.38. The van der Waals surface area contributed by atoms with Gasteiger partial charge in [0.1, 0.15) is 0 Å². The zero-order valence-electron chi connectivity index (χ0n) is 5.07. The van der Waals surface area contributed by atoms with E-state index in [4.69, 9.17) is 0 Å². The highest BCUT2D eigenvalue weighted by Gasteiger charge is 2.31. The number of rotatable bonds is 2. The Labute approximate surface area is 45.9 Å². The van der Waals surface area contributed by atoms with Crippen molar-refractivity contribution in [3.8, 4) is 0 Å². The third-order valence-corrected chi connectivity index (χ3v) is 1.57. The number of hydrogen-bond donors (Lipinski definition) is 0. The Morgan fingerprint density at radius 3 is 2.57 bits per heavy atom. The molecular weight excluding hydrogens is 84.1 g/mol. The summed E-state index contributed by atoms with van der Waals surface area (Å²) in [6.45, 7) is 4.41. The summed E-state index contributed by atoms with van der Waals surface area (Å²) in [5.74, 6) is 2.69. The first-order chi connectivity index (χ1) is 3.34. The van der Waals surface area contributed by atoms with Crippen LogP contribution < -0.4 is 0 Å². The summed E-state index contributed by atoms with van der Waals surface area (Å²) in [4.78, 5) is 0. The van der Waals surface area contributed by atoms with Crippen molar-refractivity contribution in [2.24, 2.45) is 5.92 Å². The van der Waals surface area contributed by atoms with E-state index in [1.54, 1.807) is 5.92 Å². The van der Waals surface area contributed by atoms with E-state index in [2.05, 4.69) is 20.3 Å². The van der Waals surface area contributed by atoms with E-state index in [1.165, 1.54) is 12.8 Å². The fourth-order valence-electron chi connectivity index (χ4n) is 0.881. The molecule has 1 aliphatic rings. The predicted molar refractivity (Wildman–Crippen MR) is 31.6 cm³/mol. The van der Waals surface area contributed by atoms with E-state index < -0.39 is 0 Å². The van der Waals surface area contributed by atoms with Gasteiger partial charge in [0.2, 0.25) is 0 Å². The maximum absolute atomic E-state index is 2.29. The molecule has 0 amide bonds. The highest BCUT2D eigenvalue weighted by atomic mass is 14.4. The van der Waals surface area contributed by atoms with E-state index in [1.807, 2.05) is 0 Å². The lowest BCUT2D eigenvalue weighted by atomic mass is 10.2. The third-order valence-electron chi connectivity index (χ3n) is 1.57. The molecule has 0 N–H and O–H groups in total. The second-order valence-electron chi connectivity index (χ2n) is 2.38. The molecular formula is C7H12. The smallest absolute Gasteiger partial charge is 0.0207 e. The lowest BCUT2D eigenvalue weighted by Gasteiger charge is -1.85. The van der Waals surface area contributed by atoms with Crippen molar-refractivity contribution in [1.29, 1.82) is 0 Å². The molecule has 0 heteroatoms. The topological polar surface area (TPSA) is 0 Å². The fourth-order valence-corrected chi connectivity index (χ4v) is 0.881. The van der Waals surface area contributed by atoms with Gasteiger partial charge in [0.25, 0.3) is 0 Å². The van der Waals surface area contributed by atoms with Crippen LogP contribution in [0.3, 0.4) is 0 Å². The first kappa shape index (κ1) is 5.14. The van der Waals surface area contributed by atoms with Gasteiger partial charge in [-0.05, 0) is 31.1 Å². The molecule has 40 valence electrons. The molecule has 0 aliphatic heterocycles. The zero-order valence-corrected chi connectivity index (χ0v) is 5.07. The molecule has 0 bridgehead atoms. The average Bonchev–Trinajstić information content (AvgIpc) is 2.22. The Balaban J connectivity index is 1.98. The minimum absolute atomic E-state index is 0.955. The molecule has 1 atom stereocenters. The van der Waals surface area contributed by atoms with Gasteiger partial charge in [0.15, 0.2) is 0 Å². The van der Waals surface area contributed by atoms with Crippen molar-refractivity contribution in [3.63, 3.8) is 0 Å². The molecule has 0 heterocycles. The van der Waals surface area contributed by atoms with Gasteiger partial charge in [0, 0.05) is 0 Å². The Morgan fingerprint density at radius 2 is 2.43 bits per heavy atom. The molecule has 1 fully saturated rings. The molecule has 7 heavy (non-hydrogen) atoms. The molecule has 0 aromatic rings. The van der Waals surface area contributed by atoms with Crippen molar-refractivity contribution in [2.45, 2.75) is 26.7 Å². The van der Waals surface area contributed by atoms with Gasteiger partial charge in [-0.3, -0.25) is 0 Å². The van der Waals surface area contributed by atoms with Gasteiger partial charge in [-0.15, -0.1) is 0 Å². The van der Waals surface area contributed by atoms with E-state index >= 15 is 0 Å². The van der Waals surface area contributed by atoms with Crippen molar-refractivity contribution in [2.75, 3.05) is 0 Å². The van der Waals surface area contributed by atoms with Crippen molar-refractivity contribution < 1.29 is 0 Å². The minimum Gasteiger partial charge on any atom is -0.0622 e. The monoisotopic (exact) mass is 96.1 g/mol. The van der Waals surface area contributed by atoms with E-state index in [0.717, 1.165) is 5.92 Å². The van der Waals surface area contributed by atoms with Gasteiger partial charge in [0.05, 0.1) is 0 Å². The van der Waals surface area contributed by atoms with Gasteiger partial charge >= 0.3 is 0 Å². The van der Waals surface area contributed by atoms with E-state index in [-0.39, 0.29) is 0 Å². The average molecular weight is 96.2 g/mol. The molecule has 2 radical (unpaired) electrons. The highest BCUT2D eigenvalue weighted by molar-refractivity contribution is 5.13. The van der Waals surface area contributed by atoms with Crippen molar-refractivity contribution in [3.05, 3.63) is 12.3 Å². The van der Waals surface area contributed by atoms with Gasteiger partial charge in [-0.2, -0.15) is 0 Å². The molecule has 0 aromatic heterocycles. The van der Waals surface area contributed by atoms with Crippen molar-refractivity contribution >= 4 is 0 Å². The lowest BCUT2D eigenvalue weighted by molar-refractivity contribution is 0.943. The molecule has 0 aromatic carbocycles. The molecule has 0 spiro atoms. The van der Waals surface area contributed by atoms with E-state index in [0.29, 0.717) is 0 Å². The standard InChI is InChI=1S/C7H12/c1-3-4-7-5-6(7)2/h3,6H,4-5H2,1-2H3. The first-order valence-corrected chi connectivity index (χ1v) is 2.97. The quantitative estimate of drug-likeness (QED) is 0.494. The second kappa shape index (κ2) is 1.85. The van der Waals surface area contributed by atoms with Gasteiger partial charge < -0.3 is 0 Å². The summed E-state index contributed by atoms with van der Waals surface area (Å²) in [6.07, 6.45) is 4.89. The van der Waals surface area contributed by atoms with Crippen LogP contribution >= 0.6 is 0 Å². The largest absolute Gasteiger partial charge is 0.0622 e. The van der Waals surface area contributed by atoms with E-state index in [9.17, 15) is 0 Å². The van der Waals surface area contributed by atoms with Crippen LogP contribution in [0.2, 0.25) is 0 Å². The zero-order chi connectivity index (χ0) is 5.28. The molecule has 1 aliphatic carbocycles. The van der Waals surface area contributed by atoms with Crippen LogP contribution in [-0.2, 0) is 0 Å². The lowest BCUT2D eigenvalue weighted by Crippen LogP contribution is -1.72. The minimum atomic E-state index is 0.955. The van der Waals surface area contributed by atoms with Crippen molar-refractivity contribution in [1.82, 2.24) is 0 Å². The van der Waals surface area contributed by atoms with Crippen LogP contribution in [0.15, 0.2) is 0 Å². The van der Waals surface area contributed by atoms with Crippen LogP contribution in [0.4, 0.5) is 0 Å². The molecule has 0 saturated heterocycles. The summed E-state index contributed by atoms with van der Waals surface area (Å²) in [5.41, 5.74) is 0.